The van der Waals surface area contributed by atoms with Crippen LogP contribution in [0.15, 0.2) is 51.8 Å². The zero-order valence-corrected chi connectivity index (χ0v) is 14.0. The van der Waals surface area contributed by atoms with Crippen LogP contribution >= 0.6 is 15.9 Å². The molecule has 0 aliphatic rings. The van der Waals surface area contributed by atoms with Gasteiger partial charge >= 0.3 is 0 Å². The molecule has 0 fully saturated rings. The molecule has 0 atom stereocenters. The van der Waals surface area contributed by atoms with Gasteiger partial charge < -0.3 is 5.73 Å². The Bertz CT molecular complexity index is 745. The molecular formula is C15H17BrN2O2S. The van der Waals surface area contributed by atoms with E-state index in [-0.39, 0.29) is 11.4 Å². The number of rotatable bonds is 5. The Morgan fingerprint density at radius 2 is 1.86 bits per heavy atom. The topological polar surface area (TPSA) is 72.2 Å². The van der Waals surface area contributed by atoms with Crippen LogP contribution in [0.1, 0.15) is 18.1 Å². The molecule has 0 bridgehead atoms. The molecule has 2 rings (SSSR count). The molecule has 0 aromatic heterocycles. The maximum absolute atomic E-state index is 12.3. The Morgan fingerprint density at radius 3 is 2.48 bits per heavy atom. The first-order chi connectivity index (χ1) is 9.94. The molecule has 0 unspecified atom stereocenters. The van der Waals surface area contributed by atoms with Crippen LogP contribution in [0.4, 0.5) is 5.69 Å². The normalized spacial score (nSPS) is 11.5. The van der Waals surface area contributed by atoms with Gasteiger partial charge in [-0.2, -0.15) is 0 Å². The third kappa shape index (κ3) is 3.84. The molecule has 0 aliphatic carbocycles. The highest BCUT2D eigenvalue weighted by Crippen LogP contribution is 2.20. The average molecular weight is 369 g/mol. The van der Waals surface area contributed by atoms with E-state index in [1.807, 2.05) is 31.2 Å². The van der Waals surface area contributed by atoms with Gasteiger partial charge in [-0.25, -0.2) is 13.1 Å². The second-order valence-electron chi connectivity index (χ2n) is 4.63. The summed E-state index contributed by atoms with van der Waals surface area (Å²) in [5, 5.41) is 0. The first-order valence-electron chi connectivity index (χ1n) is 6.55. The fourth-order valence-electron chi connectivity index (χ4n) is 1.96. The van der Waals surface area contributed by atoms with E-state index in [2.05, 4.69) is 20.7 Å². The molecular weight excluding hydrogens is 352 g/mol. The minimum Gasteiger partial charge on any atom is -0.398 e. The molecule has 4 nitrogen and oxygen atoms in total. The summed E-state index contributed by atoms with van der Waals surface area (Å²) in [7, 11) is -3.57. The summed E-state index contributed by atoms with van der Waals surface area (Å²) in [5.41, 5.74) is 8.18. The van der Waals surface area contributed by atoms with E-state index in [0.29, 0.717) is 5.69 Å². The standard InChI is InChI=1S/C15H17BrN2O2S/c1-2-11-7-8-13(9-15(11)17)21(19,20)18-10-12-5-3-4-6-14(12)16/h3-9,18H,2,10,17H2,1H3. The highest BCUT2D eigenvalue weighted by molar-refractivity contribution is 9.10. The van der Waals surface area contributed by atoms with E-state index in [9.17, 15) is 8.42 Å². The molecule has 112 valence electrons. The Kier molecular flexibility index (Phi) is 5.03. The van der Waals surface area contributed by atoms with Gasteiger partial charge in [-0.1, -0.05) is 47.1 Å². The summed E-state index contributed by atoms with van der Waals surface area (Å²) in [6, 6.07) is 12.3. The molecule has 0 aliphatic heterocycles. The van der Waals surface area contributed by atoms with Crippen LogP contribution in [0.25, 0.3) is 0 Å². The number of sulfonamides is 1. The van der Waals surface area contributed by atoms with Gasteiger partial charge in [-0.15, -0.1) is 0 Å². The Balaban J connectivity index is 2.19. The van der Waals surface area contributed by atoms with E-state index >= 15 is 0 Å². The van der Waals surface area contributed by atoms with Crippen molar-refractivity contribution in [2.45, 2.75) is 24.8 Å². The first-order valence-corrected chi connectivity index (χ1v) is 8.83. The molecule has 0 radical (unpaired) electrons. The van der Waals surface area contributed by atoms with Crippen molar-refractivity contribution in [3.05, 3.63) is 58.1 Å². The number of halogens is 1. The summed E-state index contributed by atoms with van der Waals surface area (Å²) in [4.78, 5) is 0.184. The zero-order valence-electron chi connectivity index (χ0n) is 11.6. The van der Waals surface area contributed by atoms with Crippen molar-refractivity contribution in [1.29, 1.82) is 0 Å². The van der Waals surface area contributed by atoms with Crippen LogP contribution in [0.2, 0.25) is 0 Å². The number of aryl methyl sites for hydroxylation is 1. The van der Waals surface area contributed by atoms with Crippen LogP contribution in [0.5, 0.6) is 0 Å². The molecule has 3 N–H and O–H groups in total. The molecule has 0 amide bonds. The minimum absolute atomic E-state index is 0.184. The smallest absolute Gasteiger partial charge is 0.240 e. The van der Waals surface area contributed by atoms with Crippen molar-refractivity contribution in [3.63, 3.8) is 0 Å². The van der Waals surface area contributed by atoms with Gasteiger partial charge in [0.25, 0.3) is 0 Å². The van der Waals surface area contributed by atoms with Gasteiger partial charge in [0.2, 0.25) is 10.0 Å². The van der Waals surface area contributed by atoms with Crippen molar-refractivity contribution in [2.75, 3.05) is 5.73 Å². The SMILES string of the molecule is CCc1ccc(S(=O)(=O)NCc2ccccc2Br)cc1N. The first kappa shape index (κ1) is 16.0. The largest absolute Gasteiger partial charge is 0.398 e. The van der Waals surface area contributed by atoms with Gasteiger partial charge in [0.05, 0.1) is 4.90 Å². The van der Waals surface area contributed by atoms with E-state index in [4.69, 9.17) is 5.73 Å². The van der Waals surface area contributed by atoms with E-state index in [1.54, 1.807) is 12.1 Å². The highest BCUT2D eigenvalue weighted by Gasteiger charge is 2.15. The second kappa shape index (κ2) is 6.60. The fourth-order valence-corrected chi connectivity index (χ4v) is 3.43. The van der Waals surface area contributed by atoms with Crippen molar-refractivity contribution in [2.24, 2.45) is 0 Å². The predicted molar refractivity (Wildman–Crippen MR) is 88.4 cm³/mol. The summed E-state index contributed by atoms with van der Waals surface area (Å²) in [6.07, 6.45) is 0.774. The third-order valence-corrected chi connectivity index (χ3v) is 5.39. The van der Waals surface area contributed by atoms with Crippen LogP contribution in [-0.2, 0) is 23.0 Å². The molecule has 2 aromatic carbocycles. The predicted octanol–water partition coefficient (Wildman–Crippen LogP) is 3.07. The zero-order chi connectivity index (χ0) is 15.5. The average Bonchev–Trinajstić information content (AvgIpc) is 2.46. The quantitative estimate of drug-likeness (QED) is 0.796. The number of hydrogen-bond donors (Lipinski definition) is 2. The lowest BCUT2D eigenvalue weighted by Crippen LogP contribution is -2.23. The number of nitrogens with two attached hydrogens (primary N) is 1. The summed E-state index contributed by atoms with van der Waals surface area (Å²) in [6.45, 7) is 2.20. The van der Waals surface area contributed by atoms with Crippen LogP contribution in [-0.4, -0.2) is 8.42 Å². The lowest BCUT2D eigenvalue weighted by Gasteiger charge is -2.10. The Hall–Kier alpha value is -1.37. The fraction of sp³-hybridized carbons (Fsp3) is 0.200. The van der Waals surface area contributed by atoms with Crippen LogP contribution in [0.3, 0.4) is 0 Å². The molecule has 0 saturated carbocycles. The van der Waals surface area contributed by atoms with E-state index in [1.165, 1.54) is 6.07 Å². The van der Waals surface area contributed by atoms with Crippen molar-refractivity contribution >= 4 is 31.6 Å². The van der Waals surface area contributed by atoms with E-state index < -0.39 is 10.0 Å². The summed E-state index contributed by atoms with van der Waals surface area (Å²) < 4.78 is 28.0. The third-order valence-electron chi connectivity index (χ3n) is 3.22. The maximum atomic E-state index is 12.3. The summed E-state index contributed by atoms with van der Waals surface area (Å²) >= 11 is 3.40. The van der Waals surface area contributed by atoms with Crippen LogP contribution < -0.4 is 10.5 Å². The van der Waals surface area contributed by atoms with Gasteiger partial charge in [0, 0.05) is 16.7 Å². The molecule has 0 saturated heterocycles. The Morgan fingerprint density at radius 1 is 1.14 bits per heavy atom. The lowest BCUT2D eigenvalue weighted by atomic mass is 10.1. The van der Waals surface area contributed by atoms with Gasteiger partial charge in [-0.05, 0) is 35.7 Å². The van der Waals surface area contributed by atoms with Crippen molar-refractivity contribution in [1.82, 2.24) is 4.72 Å². The van der Waals surface area contributed by atoms with Gasteiger partial charge in [0.15, 0.2) is 0 Å². The number of hydrogen-bond acceptors (Lipinski definition) is 3. The number of benzene rings is 2. The Labute approximate surface area is 133 Å². The minimum atomic E-state index is -3.57. The number of nitrogen functional groups attached to an aromatic ring is 1. The molecule has 6 heteroatoms. The molecule has 2 aromatic rings. The number of anilines is 1. The lowest BCUT2D eigenvalue weighted by molar-refractivity contribution is 0.581. The molecule has 0 spiro atoms. The molecule has 0 heterocycles. The van der Waals surface area contributed by atoms with Gasteiger partial charge in [0.1, 0.15) is 0 Å². The van der Waals surface area contributed by atoms with Crippen molar-refractivity contribution < 1.29 is 8.42 Å². The second-order valence-corrected chi connectivity index (χ2v) is 7.25. The van der Waals surface area contributed by atoms with E-state index in [0.717, 1.165) is 22.0 Å². The highest BCUT2D eigenvalue weighted by atomic mass is 79.9. The number of nitrogens with one attached hydrogen (secondary N) is 1. The molecule has 21 heavy (non-hydrogen) atoms. The summed E-state index contributed by atoms with van der Waals surface area (Å²) in [5.74, 6) is 0. The maximum Gasteiger partial charge on any atom is 0.240 e. The monoisotopic (exact) mass is 368 g/mol. The van der Waals surface area contributed by atoms with Gasteiger partial charge in [-0.3, -0.25) is 0 Å². The van der Waals surface area contributed by atoms with Crippen molar-refractivity contribution in [3.8, 4) is 0 Å². The van der Waals surface area contributed by atoms with Crippen LogP contribution in [0, 0.1) is 0 Å².